The van der Waals surface area contributed by atoms with Crippen LogP contribution in [0.15, 0.2) is 0 Å². The Morgan fingerprint density at radius 3 is 2.47 bits per heavy atom. The predicted molar refractivity (Wildman–Crippen MR) is 120 cm³/mol. The normalized spacial score (nSPS) is 61.8. The number of rotatable bonds is 0. The van der Waals surface area contributed by atoms with Crippen molar-refractivity contribution in [3.8, 4) is 0 Å². The van der Waals surface area contributed by atoms with Crippen LogP contribution < -0.4 is 0 Å². The molecule has 32 heavy (non-hydrogen) atoms. The molecule has 1 unspecified atom stereocenters. The third-order valence-electron chi connectivity index (χ3n) is 11.8. The van der Waals surface area contributed by atoms with Gasteiger partial charge in [-0.2, -0.15) is 0 Å². The average molecular weight is 447 g/mol. The SMILES string of the molecule is C[C@@H]1CC[C@@]2(OC1)O[C@H]1C[C@H]3[C@@H]4CC[C@H]5C[C@@H](O)CC[C@]5(C)[C@H]4C(O)C(=O)[C@]3(C)[C@H]1[C@@H]2C. The van der Waals surface area contributed by atoms with E-state index in [0.29, 0.717) is 17.8 Å². The molecule has 4 saturated carbocycles. The maximum absolute atomic E-state index is 14.1. The van der Waals surface area contributed by atoms with Crippen molar-refractivity contribution in [3.63, 3.8) is 0 Å². The highest BCUT2D eigenvalue weighted by Gasteiger charge is 2.73. The molecule has 4 aliphatic carbocycles. The number of ether oxygens (including phenoxy) is 2. The van der Waals surface area contributed by atoms with Gasteiger partial charge in [0.2, 0.25) is 0 Å². The zero-order valence-electron chi connectivity index (χ0n) is 20.3. The molecule has 2 N–H and O–H groups in total. The monoisotopic (exact) mass is 446 g/mol. The van der Waals surface area contributed by atoms with E-state index in [9.17, 15) is 15.0 Å². The minimum absolute atomic E-state index is 0.0224. The molecule has 0 aromatic rings. The average Bonchev–Trinajstić information content (AvgIpc) is 3.20. The van der Waals surface area contributed by atoms with E-state index >= 15 is 0 Å². The highest BCUT2D eigenvalue weighted by Crippen LogP contribution is 2.70. The second kappa shape index (κ2) is 7.02. The van der Waals surface area contributed by atoms with Crippen molar-refractivity contribution in [3.05, 3.63) is 0 Å². The fraction of sp³-hybridized carbons (Fsp3) is 0.963. The van der Waals surface area contributed by atoms with Crippen molar-refractivity contribution in [1.82, 2.24) is 0 Å². The first-order valence-corrected chi connectivity index (χ1v) is 13.3. The van der Waals surface area contributed by atoms with Crippen LogP contribution >= 0.6 is 0 Å². The smallest absolute Gasteiger partial charge is 0.171 e. The minimum atomic E-state index is -0.890. The Labute approximate surface area is 192 Å². The summed E-state index contributed by atoms with van der Waals surface area (Å²) in [6, 6.07) is 0. The summed E-state index contributed by atoms with van der Waals surface area (Å²) in [6.07, 6.45) is 6.60. The zero-order valence-corrected chi connectivity index (χ0v) is 20.3. The van der Waals surface area contributed by atoms with E-state index < -0.39 is 17.3 Å². The number of aliphatic hydroxyl groups is 2. The summed E-state index contributed by atoms with van der Waals surface area (Å²) in [4.78, 5) is 14.1. The van der Waals surface area contributed by atoms with Crippen molar-refractivity contribution in [2.45, 2.75) is 103 Å². The highest BCUT2D eigenvalue weighted by molar-refractivity contribution is 5.91. The zero-order chi connectivity index (χ0) is 22.6. The summed E-state index contributed by atoms with van der Waals surface area (Å²) in [6.45, 7) is 9.67. The van der Waals surface area contributed by atoms with Gasteiger partial charge in [0.15, 0.2) is 11.6 Å². The first-order chi connectivity index (χ1) is 15.1. The number of carbonyl (C=O) groups is 1. The number of hydrogen-bond acceptors (Lipinski definition) is 5. The number of Topliss-reactive ketones (excluding diaryl/α,β-unsaturated/α-hetero) is 1. The van der Waals surface area contributed by atoms with Crippen LogP contribution in [-0.4, -0.2) is 46.7 Å². The van der Waals surface area contributed by atoms with Gasteiger partial charge in [0.1, 0.15) is 6.10 Å². The topological polar surface area (TPSA) is 76.0 Å². The molecule has 0 radical (unpaired) electrons. The number of hydrogen-bond donors (Lipinski definition) is 2. The summed E-state index contributed by atoms with van der Waals surface area (Å²) in [5.74, 6) is 1.47. The van der Waals surface area contributed by atoms with Gasteiger partial charge < -0.3 is 19.7 Å². The minimum Gasteiger partial charge on any atom is -0.393 e. The molecular weight excluding hydrogens is 404 g/mol. The molecule has 180 valence electrons. The molecule has 5 nitrogen and oxygen atoms in total. The summed E-state index contributed by atoms with van der Waals surface area (Å²) in [5.41, 5.74) is -0.579. The molecule has 6 fully saturated rings. The van der Waals surface area contributed by atoms with E-state index in [1.165, 1.54) is 0 Å². The molecule has 1 spiro atoms. The molecule has 0 amide bonds. The lowest BCUT2D eigenvalue weighted by atomic mass is 9.43. The molecule has 6 aliphatic rings. The third-order valence-corrected chi connectivity index (χ3v) is 11.8. The number of carbonyl (C=O) groups excluding carboxylic acids is 1. The van der Waals surface area contributed by atoms with Gasteiger partial charge in [0, 0.05) is 29.6 Å². The Morgan fingerprint density at radius 1 is 0.969 bits per heavy atom. The highest BCUT2D eigenvalue weighted by atomic mass is 16.7. The molecule has 5 heteroatoms. The number of fused-ring (bicyclic) bond motifs is 7. The predicted octanol–water partition coefficient (Wildman–Crippen LogP) is 3.94. The standard InChI is InChI=1S/C27H42O5/c1-14-7-10-27(31-13-14)15(2)21-20(32-27)12-19-18-6-5-16-11-17(28)8-9-25(16,3)22(18)23(29)24(30)26(19,21)4/h14-23,28-29H,5-13H2,1-4H3/t14-,15+,16+,17+,18+,19+,20+,21+,22-,23?,25+,26+,27-/m1/s1. The summed E-state index contributed by atoms with van der Waals surface area (Å²) in [7, 11) is 0. The molecule has 0 bridgehead atoms. The first-order valence-electron chi connectivity index (χ1n) is 13.3. The number of aliphatic hydroxyl groups excluding tert-OH is 2. The van der Waals surface area contributed by atoms with Gasteiger partial charge in [-0.1, -0.05) is 27.7 Å². The van der Waals surface area contributed by atoms with Gasteiger partial charge in [-0.05, 0) is 74.0 Å². The second-order valence-corrected chi connectivity index (χ2v) is 13.1. The third kappa shape index (κ3) is 2.63. The van der Waals surface area contributed by atoms with E-state index in [1.54, 1.807) is 0 Å². The van der Waals surface area contributed by atoms with Crippen LogP contribution in [0.2, 0.25) is 0 Å². The van der Waals surface area contributed by atoms with Crippen LogP contribution in [0.25, 0.3) is 0 Å². The van der Waals surface area contributed by atoms with Crippen LogP contribution in [0, 0.1) is 52.3 Å². The van der Waals surface area contributed by atoms with E-state index in [1.807, 2.05) is 0 Å². The lowest BCUT2D eigenvalue weighted by Gasteiger charge is -2.61. The van der Waals surface area contributed by atoms with E-state index in [2.05, 4.69) is 27.7 Å². The largest absolute Gasteiger partial charge is 0.393 e. The summed E-state index contributed by atoms with van der Waals surface area (Å²) >= 11 is 0. The lowest BCUT2D eigenvalue weighted by molar-refractivity contribution is -0.273. The van der Waals surface area contributed by atoms with E-state index in [0.717, 1.165) is 58.0 Å². The lowest BCUT2D eigenvalue weighted by Crippen LogP contribution is -2.64. The van der Waals surface area contributed by atoms with E-state index in [4.69, 9.17) is 9.47 Å². The second-order valence-electron chi connectivity index (χ2n) is 13.1. The Balaban J connectivity index is 1.34. The number of ketones is 1. The van der Waals surface area contributed by atoms with Crippen LogP contribution in [-0.2, 0) is 14.3 Å². The molecule has 0 aromatic heterocycles. The molecule has 13 atom stereocenters. The Bertz CT molecular complexity index is 789. The Morgan fingerprint density at radius 2 is 1.75 bits per heavy atom. The van der Waals surface area contributed by atoms with Crippen LogP contribution in [0.5, 0.6) is 0 Å². The first kappa shape index (κ1) is 22.0. The molecular formula is C27H42O5. The Kier molecular flexibility index (Phi) is 4.83. The Hall–Kier alpha value is -0.490. The van der Waals surface area contributed by atoms with Crippen LogP contribution in [0.1, 0.15) is 79.1 Å². The van der Waals surface area contributed by atoms with Crippen molar-refractivity contribution >= 4 is 5.78 Å². The van der Waals surface area contributed by atoms with Gasteiger partial charge in [-0.15, -0.1) is 0 Å². The van der Waals surface area contributed by atoms with Gasteiger partial charge in [0.25, 0.3) is 0 Å². The molecule has 6 rings (SSSR count). The molecule has 2 saturated heterocycles. The maximum atomic E-state index is 14.1. The van der Waals surface area contributed by atoms with E-state index in [-0.39, 0.29) is 47.1 Å². The van der Waals surface area contributed by atoms with Crippen LogP contribution in [0.3, 0.4) is 0 Å². The summed E-state index contributed by atoms with van der Waals surface area (Å²) in [5, 5.41) is 21.9. The van der Waals surface area contributed by atoms with Gasteiger partial charge in [0.05, 0.1) is 18.8 Å². The fourth-order valence-corrected chi connectivity index (χ4v) is 10.1. The molecule has 0 aromatic carbocycles. The van der Waals surface area contributed by atoms with Crippen LogP contribution in [0.4, 0.5) is 0 Å². The summed E-state index contributed by atoms with van der Waals surface area (Å²) < 4.78 is 13.1. The van der Waals surface area contributed by atoms with Gasteiger partial charge >= 0.3 is 0 Å². The van der Waals surface area contributed by atoms with Crippen molar-refractivity contribution in [2.75, 3.05) is 6.61 Å². The quantitative estimate of drug-likeness (QED) is 0.589. The molecule has 2 aliphatic heterocycles. The van der Waals surface area contributed by atoms with Gasteiger partial charge in [-0.3, -0.25) is 4.79 Å². The van der Waals surface area contributed by atoms with Crippen molar-refractivity contribution in [1.29, 1.82) is 0 Å². The van der Waals surface area contributed by atoms with Gasteiger partial charge in [-0.25, -0.2) is 0 Å². The molecule has 2 heterocycles. The van der Waals surface area contributed by atoms with Crippen molar-refractivity contribution in [2.24, 2.45) is 52.3 Å². The maximum Gasteiger partial charge on any atom is 0.171 e. The van der Waals surface area contributed by atoms with Crippen molar-refractivity contribution < 1.29 is 24.5 Å². The fourth-order valence-electron chi connectivity index (χ4n) is 10.1.